The molecule has 1 aliphatic heterocycles. The van der Waals surface area contributed by atoms with Gasteiger partial charge in [0.15, 0.2) is 0 Å². The molecule has 82 valence electrons. The maximum atomic E-state index is 13.3. The summed E-state index contributed by atoms with van der Waals surface area (Å²) in [5, 5.41) is 3.52. The molecule has 0 saturated carbocycles. The zero-order valence-electron chi connectivity index (χ0n) is 8.63. The average molecular weight is 229 g/mol. The maximum Gasteiger partial charge on any atom is 0.143 e. The number of hydrogen-bond acceptors (Lipinski definition) is 2. The molecule has 4 heteroatoms. The molecule has 1 heterocycles. The smallest absolute Gasteiger partial charge is 0.143 e. The number of nitrogens with zero attached hydrogens (tertiary/aromatic N) is 1. The van der Waals surface area contributed by atoms with E-state index in [1.54, 1.807) is 6.07 Å². The Labute approximate surface area is 94.0 Å². The van der Waals surface area contributed by atoms with Crippen molar-refractivity contribution in [3.8, 4) is 0 Å². The van der Waals surface area contributed by atoms with Crippen LogP contribution in [0.25, 0.3) is 0 Å². The van der Waals surface area contributed by atoms with Crippen LogP contribution in [-0.4, -0.2) is 25.7 Å². The minimum absolute atomic E-state index is 0.228. The molecule has 1 aromatic carbocycles. The first-order valence-electron chi connectivity index (χ1n) is 5.11. The average Bonchev–Trinajstić information content (AvgIpc) is 2.23. The van der Waals surface area contributed by atoms with E-state index in [0.29, 0.717) is 6.04 Å². The third kappa shape index (κ3) is 2.08. The van der Waals surface area contributed by atoms with Crippen molar-refractivity contribution in [2.45, 2.75) is 13.0 Å². The van der Waals surface area contributed by atoms with Crippen molar-refractivity contribution in [3.05, 3.63) is 29.0 Å². The van der Waals surface area contributed by atoms with Crippen LogP contribution in [0.5, 0.6) is 0 Å². The summed E-state index contributed by atoms with van der Waals surface area (Å²) in [6, 6.07) is 5.30. The Morgan fingerprint density at radius 1 is 1.53 bits per heavy atom. The van der Waals surface area contributed by atoms with Crippen LogP contribution < -0.4 is 10.2 Å². The molecule has 0 amide bonds. The van der Waals surface area contributed by atoms with Crippen molar-refractivity contribution >= 4 is 17.3 Å². The molecular weight excluding hydrogens is 215 g/mol. The Bertz CT molecular complexity index is 356. The second-order valence-electron chi connectivity index (χ2n) is 3.82. The van der Waals surface area contributed by atoms with Crippen LogP contribution in [0, 0.1) is 5.82 Å². The largest absolute Gasteiger partial charge is 0.365 e. The standard InChI is InChI=1S/C11H14ClFN2/c1-8-7-14-5-6-15(8)10-4-2-3-9(13)11(10)12/h2-4,8,14H,5-7H2,1H3/t8-/m0/s1. The molecule has 1 N–H and O–H groups in total. The lowest BCUT2D eigenvalue weighted by Crippen LogP contribution is -2.50. The van der Waals surface area contributed by atoms with Crippen LogP contribution in [0.1, 0.15) is 6.92 Å². The fourth-order valence-electron chi connectivity index (χ4n) is 1.91. The Balaban J connectivity index is 2.31. The van der Waals surface area contributed by atoms with E-state index in [1.165, 1.54) is 6.07 Å². The van der Waals surface area contributed by atoms with E-state index in [0.717, 1.165) is 25.3 Å². The minimum atomic E-state index is -0.347. The van der Waals surface area contributed by atoms with Crippen molar-refractivity contribution in [2.75, 3.05) is 24.5 Å². The predicted octanol–water partition coefficient (Wildman–Crippen LogP) is 2.28. The van der Waals surface area contributed by atoms with Gasteiger partial charge in [0.05, 0.1) is 10.7 Å². The lowest BCUT2D eigenvalue weighted by atomic mass is 10.2. The molecule has 1 fully saturated rings. The van der Waals surface area contributed by atoms with Crippen molar-refractivity contribution in [2.24, 2.45) is 0 Å². The Kier molecular flexibility index (Phi) is 3.12. The van der Waals surface area contributed by atoms with Gasteiger partial charge in [-0.15, -0.1) is 0 Å². The Hall–Kier alpha value is -0.800. The zero-order valence-corrected chi connectivity index (χ0v) is 9.39. The molecule has 0 aliphatic carbocycles. The highest BCUT2D eigenvalue weighted by molar-refractivity contribution is 6.33. The second-order valence-corrected chi connectivity index (χ2v) is 4.20. The summed E-state index contributed by atoms with van der Waals surface area (Å²) >= 11 is 5.95. The van der Waals surface area contributed by atoms with Crippen LogP contribution in [0.2, 0.25) is 5.02 Å². The maximum absolute atomic E-state index is 13.3. The third-order valence-electron chi connectivity index (χ3n) is 2.74. The first-order valence-corrected chi connectivity index (χ1v) is 5.49. The number of halogens is 2. The molecule has 0 aromatic heterocycles. The number of hydrogen-bond donors (Lipinski definition) is 1. The first kappa shape index (κ1) is 10.7. The van der Waals surface area contributed by atoms with Crippen molar-refractivity contribution in [1.29, 1.82) is 0 Å². The molecule has 2 nitrogen and oxygen atoms in total. The van der Waals surface area contributed by atoms with E-state index in [-0.39, 0.29) is 10.8 Å². The molecule has 1 aromatic rings. The zero-order chi connectivity index (χ0) is 10.8. The van der Waals surface area contributed by atoms with E-state index >= 15 is 0 Å². The minimum Gasteiger partial charge on any atom is -0.365 e. The molecule has 1 aliphatic rings. The lowest BCUT2D eigenvalue weighted by Gasteiger charge is -2.36. The fraction of sp³-hybridized carbons (Fsp3) is 0.455. The second kappa shape index (κ2) is 4.37. The summed E-state index contributed by atoms with van der Waals surface area (Å²) in [5.74, 6) is -0.347. The van der Waals surface area contributed by atoms with Gasteiger partial charge in [-0.05, 0) is 19.1 Å². The SMILES string of the molecule is C[C@H]1CNCCN1c1cccc(F)c1Cl. The van der Waals surface area contributed by atoms with Gasteiger partial charge in [0.1, 0.15) is 5.82 Å². The van der Waals surface area contributed by atoms with Gasteiger partial charge >= 0.3 is 0 Å². The van der Waals surface area contributed by atoms with Gasteiger partial charge in [-0.1, -0.05) is 17.7 Å². The van der Waals surface area contributed by atoms with Gasteiger partial charge in [0, 0.05) is 25.7 Å². The Morgan fingerprint density at radius 2 is 2.33 bits per heavy atom. The molecule has 0 spiro atoms. The van der Waals surface area contributed by atoms with Crippen LogP contribution in [0.15, 0.2) is 18.2 Å². The highest BCUT2D eigenvalue weighted by Gasteiger charge is 2.21. The normalized spacial score (nSPS) is 21.8. The van der Waals surface area contributed by atoms with Crippen molar-refractivity contribution < 1.29 is 4.39 Å². The number of benzene rings is 1. The van der Waals surface area contributed by atoms with Crippen LogP contribution in [0.3, 0.4) is 0 Å². The van der Waals surface area contributed by atoms with Crippen molar-refractivity contribution in [3.63, 3.8) is 0 Å². The molecule has 1 atom stereocenters. The summed E-state index contributed by atoms with van der Waals surface area (Å²) in [6.07, 6.45) is 0. The third-order valence-corrected chi connectivity index (χ3v) is 3.12. The van der Waals surface area contributed by atoms with Crippen LogP contribution in [0.4, 0.5) is 10.1 Å². The first-order chi connectivity index (χ1) is 7.20. The number of nitrogens with one attached hydrogen (secondary N) is 1. The number of anilines is 1. The summed E-state index contributed by atoms with van der Waals surface area (Å²) in [4.78, 5) is 2.14. The molecule has 0 unspecified atom stereocenters. The van der Waals surface area contributed by atoms with Gasteiger partial charge in [0.25, 0.3) is 0 Å². The van der Waals surface area contributed by atoms with E-state index in [1.807, 2.05) is 6.07 Å². The highest BCUT2D eigenvalue weighted by Crippen LogP contribution is 2.29. The molecular formula is C11H14ClFN2. The van der Waals surface area contributed by atoms with Crippen LogP contribution >= 0.6 is 11.6 Å². The molecule has 15 heavy (non-hydrogen) atoms. The lowest BCUT2D eigenvalue weighted by molar-refractivity contribution is 0.499. The van der Waals surface area contributed by atoms with E-state index in [9.17, 15) is 4.39 Å². The van der Waals surface area contributed by atoms with E-state index in [4.69, 9.17) is 11.6 Å². The quantitative estimate of drug-likeness (QED) is 0.794. The summed E-state index contributed by atoms with van der Waals surface area (Å²) in [6.45, 7) is 4.79. The van der Waals surface area contributed by atoms with Crippen molar-refractivity contribution in [1.82, 2.24) is 5.32 Å². The van der Waals surface area contributed by atoms with Gasteiger partial charge in [0.2, 0.25) is 0 Å². The van der Waals surface area contributed by atoms with Crippen LogP contribution in [-0.2, 0) is 0 Å². The van der Waals surface area contributed by atoms with Gasteiger partial charge in [-0.2, -0.15) is 0 Å². The van der Waals surface area contributed by atoms with Gasteiger partial charge < -0.3 is 10.2 Å². The summed E-state index contributed by atoms with van der Waals surface area (Å²) in [7, 11) is 0. The molecule has 1 saturated heterocycles. The van der Waals surface area contributed by atoms with E-state index in [2.05, 4.69) is 17.1 Å². The van der Waals surface area contributed by atoms with E-state index < -0.39 is 0 Å². The number of rotatable bonds is 1. The highest BCUT2D eigenvalue weighted by atomic mass is 35.5. The molecule has 2 rings (SSSR count). The van der Waals surface area contributed by atoms with Gasteiger partial charge in [-0.25, -0.2) is 4.39 Å². The monoisotopic (exact) mass is 228 g/mol. The molecule has 0 bridgehead atoms. The topological polar surface area (TPSA) is 15.3 Å². The fourth-order valence-corrected chi connectivity index (χ4v) is 2.15. The van der Waals surface area contributed by atoms with Gasteiger partial charge in [-0.3, -0.25) is 0 Å². The molecule has 0 radical (unpaired) electrons. The Morgan fingerprint density at radius 3 is 3.07 bits per heavy atom. The predicted molar refractivity (Wildman–Crippen MR) is 61.1 cm³/mol. The number of piperazine rings is 1. The summed E-state index contributed by atoms with van der Waals surface area (Å²) in [5.41, 5.74) is 0.797. The summed E-state index contributed by atoms with van der Waals surface area (Å²) < 4.78 is 13.3.